The number of carboxylic acid groups (broad SMARTS) is 2. The number of carboxylic acids is 2. The molecule has 1 rings (SSSR count). The normalized spacial score (nSPS) is 10.4. The van der Waals surface area contributed by atoms with E-state index in [1.807, 2.05) is 0 Å². The van der Waals surface area contributed by atoms with Gasteiger partial charge in [-0.1, -0.05) is 0 Å². The van der Waals surface area contributed by atoms with Crippen LogP contribution >= 0.6 is 0 Å². The number of carbonyl (C=O) groups is 2. The Hall–Kier alpha value is -1.24. The third kappa shape index (κ3) is 3.92. The SMILES string of the molecule is O=C(O)c1cc(C(=O)O)cc(S(=O)(=O)O)c1.[Pt+2]. The van der Waals surface area contributed by atoms with Crippen LogP contribution in [0.3, 0.4) is 0 Å². The van der Waals surface area contributed by atoms with Crippen molar-refractivity contribution in [3.8, 4) is 0 Å². The molecule has 3 N–H and O–H groups in total. The summed E-state index contributed by atoms with van der Waals surface area (Å²) in [4.78, 5) is 20.4. The van der Waals surface area contributed by atoms with Crippen LogP contribution < -0.4 is 0 Å². The molecular weight excluding hydrogens is 435 g/mol. The van der Waals surface area contributed by atoms with E-state index in [0.29, 0.717) is 12.1 Å². The van der Waals surface area contributed by atoms with Crippen LogP contribution in [0.4, 0.5) is 0 Å². The molecule has 0 bridgehead atoms. The maximum atomic E-state index is 10.8. The quantitative estimate of drug-likeness (QED) is 0.577. The second-order valence-corrected chi connectivity index (χ2v) is 4.25. The summed E-state index contributed by atoms with van der Waals surface area (Å²) in [6.45, 7) is 0. The molecular formula is C8H6O7PtS+2. The van der Waals surface area contributed by atoms with Crippen LogP contribution in [0.1, 0.15) is 20.7 Å². The Morgan fingerprint density at radius 2 is 1.29 bits per heavy atom. The molecule has 0 amide bonds. The fourth-order valence-electron chi connectivity index (χ4n) is 0.995. The van der Waals surface area contributed by atoms with Gasteiger partial charge in [-0.3, -0.25) is 4.55 Å². The Kier molecular flexibility index (Phi) is 5.00. The summed E-state index contributed by atoms with van der Waals surface area (Å²) in [7, 11) is -4.64. The molecule has 7 nitrogen and oxygen atoms in total. The summed E-state index contributed by atoms with van der Waals surface area (Å²) in [5, 5.41) is 17.2. The first-order valence-corrected chi connectivity index (χ1v) is 5.25. The van der Waals surface area contributed by atoms with Gasteiger partial charge in [0.1, 0.15) is 0 Å². The van der Waals surface area contributed by atoms with Gasteiger partial charge in [-0.25, -0.2) is 9.59 Å². The molecule has 1 aromatic rings. The van der Waals surface area contributed by atoms with E-state index in [4.69, 9.17) is 14.8 Å². The van der Waals surface area contributed by atoms with E-state index in [1.54, 1.807) is 0 Å². The maximum absolute atomic E-state index is 10.8. The van der Waals surface area contributed by atoms with Crippen molar-refractivity contribution < 1.29 is 53.8 Å². The first-order chi connectivity index (χ1) is 7.21. The van der Waals surface area contributed by atoms with Crippen LogP contribution in [-0.2, 0) is 31.2 Å². The number of rotatable bonds is 3. The third-order valence-electron chi connectivity index (χ3n) is 1.70. The summed E-state index contributed by atoms with van der Waals surface area (Å²) < 4.78 is 30.2. The van der Waals surface area contributed by atoms with Gasteiger partial charge in [0.15, 0.2) is 0 Å². The Bertz CT molecular complexity index is 531. The van der Waals surface area contributed by atoms with Gasteiger partial charge < -0.3 is 10.2 Å². The van der Waals surface area contributed by atoms with E-state index in [9.17, 15) is 18.0 Å². The summed E-state index contributed by atoms with van der Waals surface area (Å²) in [5.41, 5.74) is -1.07. The standard InChI is InChI=1S/C8H6O7S.Pt/c9-7(10)4-1-5(8(11)12)3-6(2-4)16(13,14)15;/h1-3H,(H,9,10)(H,11,12)(H,13,14,15);/q;+2. The Morgan fingerprint density at radius 3 is 1.53 bits per heavy atom. The van der Waals surface area contributed by atoms with Crippen molar-refractivity contribution in [3.63, 3.8) is 0 Å². The van der Waals surface area contributed by atoms with E-state index >= 15 is 0 Å². The Labute approximate surface area is 110 Å². The van der Waals surface area contributed by atoms with Crippen molar-refractivity contribution >= 4 is 22.1 Å². The van der Waals surface area contributed by atoms with Crippen molar-refractivity contribution in [2.75, 3.05) is 0 Å². The van der Waals surface area contributed by atoms with Gasteiger partial charge in [0.05, 0.1) is 16.0 Å². The van der Waals surface area contributed by atoms with Gasteiger partial charge in [0.2, 0.25) is 0 Å². The van der Waals surface area contributed by atoms with Gasteiger partial charge >= 0.3 is 33.0 Å². The molecule has 0 unspecified atom stereocenters. The van der Waals surface area contributed by atoms with Crippen LogP contribution in [0, 0.1) is 0 Å². The van der Waals surface area contributed by atoms with Crippen LogP contribution in [0.5, 0.6) is 0 Å². The molecule has 0 spiro atoms. The van der Waals surface area contributed by atoms with Crippen molar-refractivity contribution in [3.05, 3.63) is 29.3 Å². The molecule has 0 saturated heterocycles. The van der Waals surface area contributed by atoms with E-state index in [0.717, 1.165) is 6.07 Å². The smallest absolute Gasteiger partial charge is 0.478 e. The van der Waals surface area contributed by atoms with Gasteiger partial charge in [-0.2, -0.15) is 8.42 Å². The fourth-order valence-corrected chi connectivity index (χ4v) is 1.55. The second kappa shape index (κ2) is 5.39. The molecule has 0 aliphatic heterocycles. The van der Waals surface area contributed by atoms with Gasteiger partial charge in [-0.05, 0) is 18.2 Å². The summed E-state index contributed by atoms with van der Waals surface area (Å²) >= 11 is 0. The van der Waals surface area contributed by atoms with Gasteiger partial charge in [-0.15, -0.1) is 0 Å². The molecule has 0 fully saturated rings. The number of hydrogen-bond acceptors (Lipinski definition) is 4. The van der Waals surface area contributed by atoms with E-state index < -0.39 is 38.1 Å². The van der Waals surface area contributed by atoms with Crippen molar-refractivity contribution in [1.29, 1.82) is 0 Å². The zero-order valence-corrected chi connectivity index (χ0v) is 11.0. The third-order valence-corrected chi connectivity index (χ3v) is 2.53. The molecule has 0 saturated carbocycles. The number of aromatic carboxylic acids is 2. The van der Waals surface area contributed by atoms with Crippen LogP contribution in [-0.4, -0.2) is 35.1 Å². The average molecular weight is 441 g/mol. The van der Waals surface area contributed by atoms with E-state index in [1.165, 1.54) is 0 Å². The minimum Gasteiger partial charge on any atom is -0.478 e. The monoisotopic (exact) mass is 441 g/mol. The Balaban J connectivity index is 0.00000256. The maximum Gasteiger partial charge on any atom is 2.00 e. The number of benzene rings is 1. The number of hydrogen-bond donors (Lipinski definition) is 3. The zero-order valence-electron chi connectivity index (χ0n) is 7.93. The zero-order chi connectivity index (χ0) is 12.5. The van der Waals surface area contributed by atoms with Crippen LogP contribution in [0.25, 0.3) is 0 Å². The molecule has 0 atom stereocenters. The van der Waals surface area contributed by atoms with E-state index in [2.05, 4.69) is 0 Å². The van der Waals surface area contributed by atoms with Crippen molar-refractivity contribution in [1.82, 2.24) is 0 Å². The topological polar surface area (TPSA) is 129 Å². The minimum absolute atomic E-state index is 0. The van der Waals surface area contributed by atoms with Crippen molar-refractivity contribution in [2.24, 2.45) is 0 Å². The van der Waals surface area contributed by atoms with E-state index in [-0.39, 0.29) is 21.1 Å². The van der Waals surface area contributed by atoms with Crippen molar-refractivity contribution in [2.45, 2.75) is 4.90 Å². The van der Waals surface area contributed by atoms with Crippen LogP contribution in [0.15, 0.2) is 23.1 Å². The predicted octanol–water partition coefficient (Wildman–Crippen LogP) is 0.327. The Morgan fingerprint density at radius 1 is 0.941 bits per heavy atom. The van der Waals surface area contributed by atoms with Crippen LogP contribution in [0.2, 0.25) is 0 Å². The summed E-state index contributed by atoms with van der Waals surface area (Å²) in [6, 6.07) is 2.13. The molecule has 9 heteroatoms. The van der Waals surface area contributed by atoms with Gasteiger partial charge in [0, 0.05) is 0 Å². The molecule has 0 aromatic heterocycles. The fraction of sp³-hybridized carbons (Fsp3) is 0. The summed E-state index contributed by atoms with van der Waals surface area (Å²) in [5.74, 6) is -2.99. The molecule has 0 aliphatic rings. The molecule has 0 heterocycles. The first-order valence-electron chi connectivity index (χ1n) is 3.81. The predicted molar refractivity (Wildman–Crippen MR) is 50.2 cm³/mol. The molecule has 1 aromatic carbocycles. The largest absolute Gasteiger partial charge is 2.00 e. The minimum atomic E-state index is -4.64. The molecule has 0 radical (unpaired) electrons. The second-order valence-electron chi connectivity index (χ2n) is 2.83. The molecule has 17 heavy (non-hydrogen) atoms. The molecule has 94 valence electrons. The molecule has 0 aliphatic carbocycles. The van der Waals surface area contributed by atoms with Gasteiger partial charge in [0.25, 0.3) is 10.1 Å². The first kappa shape index (κ1) is 15.8. The summed E-state index contributed by atoms with van der Waals surface area (Å²) in [6.07, 6.45) is 0. The average Bonchev–Trinajstić information content (AvgIpc) is 2.15.